The van der Waals surface area contributed by atoms with Crippen molar-refractivity contribution in [1.82, 2.24) is 15.1 Å². The number of amides is 3. The highest BCUT2D eigenvalue weighted by Crippen LogP contribution is 2.35. The van der Waals surface area contributed by atoms with Crippen molar-refractivity contribution in [1.29, 1.82) is 0 Å². The maximum atomic E-state index is 13.4. The first-order valence-corrected chi connectivity index (χ1v) is 9.10. The predicted octanol–water partition coefficient (Wildman–Crippen LogP) is 2.40. The highest BCUT2D eigenvalue weighted by atomic mass is 35.5. The molecule has 2 aliphatic heterocycles. The average Bonchev–Trinajstić information content (AvgIpc) is 3.05. The quantitative estimate of drug-likeness (QED) is 0.635. The molecule has 8 heteroatoms. The Kier molecular flexibility index (Phi) is 4.60. The van der Waals surface area contributed by atoms with Crippen molar-refractivity contribution in [2.75, 3.05) is 7.05 Å². The molecule has 0 radical (unpaired) electrons. The summed E-state index contributed by atoms with van der Waals surface area (Å²) in [6.07, 6.45) is -0.788. The van der Waals surface area contributed by atoms with Crippen LogP contribution in [0.3, 0.4) is 0 Å². The van der Waals surface area contributed by atoms with Crippen LogP contribution in [0.5, 0.6) is 0 Å². The van der Waals surface area contributed by atoms with Crippen LogP contribution >= 0.6 is 11.6 Å². The van der Waals surface area contributed by atoms with E-state index in [1.54, 1.807) is 36.4 Å². The standard InChI is InChI=1S/C20H17ClN4O3/c1-24-17-15(18(27)23-20(24)28)25(19(21)22-17)14(12-8-4-2-5-9-12)16(26)13-10-6-3-7-11-13/h2-11,14-15,17H,1H3,(H,23,27,28). The second-order valence-electron chi connectivity index (χ2n) is 6.61. The molecule has 0 spiro atoms. The molecule has 4 rings (SSSR count). The molecule has 1 fully saturated rings. The van der Waals surface area contributed by atoms with Gasteiger partial charge < -0.3 is 9.80 Å². The minimum atomic E-state index is -0.895. The first-order valence-electron chi connectivity index (χ1n) is 8.72. The van der Waals surface area contributed by atoms with Gasteiger partial charge in [0, 0.05) is 12.6 Å². The Morgan fingerprint density at radius 1 is 1.07 bits per heavy atom. The number of nitrogens with zero attached hydrogens (tertiary/aromatic N) is 3. The van der Waals surface area contributed by atoms with Crippen molar-refractivity contribution in [3.8, 4) is 0 Å². The Labute approximate surface area is 166 Å². The minimum Gasteiger partial charge on any atom is -0.317 e. The lowest BCUT2D eigenvalue weighted by Gasteiger charge is -2.39. The monoisotopic (exact) mass is 396 g/mol. The Balaban J connectivity index is 1.81. The number of carbonyl (C=O) groups excluding carboxylic acids is 3. The second-order valence-corrected chi connectivity index (χ2v) is 6.95. The Hall–Kier alpha value is -3.19. The molecule has 28 heavy (non-hydrogen) atoms. The topological polar surface area (TPSA) is 82.1 Å². The maximum Gasteiger partial charge on any atom is 0.325 e. The van der Waals surface area contributed by atoms with E-state index < -0.39 is 30.2 Å². The zero-order valence-electron chi connectivity index (χ0n) is 14.9. The van der Waals surface area contributed by atoms with E-state index in [1.807, 2.05) is 24.3 Å². The summed E-state index contributed by atoms with van der Waals surface area (Å²) in [7, 11) is 1.53. The third-order valence-corrected chi connectivity index (χ3v) is 5.24. The summed E-state index contributed by atoms with van der Waals surface area (Å²) in [5, 5.41) is 2.32. The first-order chi connectivity index (χ1) is 13.5. The lowest BCUT2D eigenvalue weighted by atomic mass is 9.94. The highest BCUT2D eigenvalue weighted by molar-refractivity contribution is 6.65. The van der Waals surface area contributed by atoms with Gasteiger partial charge in [-0.2, -0.15) is 0 Å². The normalized spacial score (nSPS) is 22.4. The number of likely N-dealkylation sites (N-methyl/N-ethyl adjacent to an activating group) is 1. The summed E-state index contributed by atoms with van der Waals surface area (Å²) in [5.41, 5.74) is 1.17. The number of urea groups is 1. The number of ketones is 1. The van der Waals surface area contributed by atoms with Crippen molar-refractivity contribution in [2.45, 2.75) is 18.2 Å². The van der Waals surface area contributed by atoms with Crippen LogP contribution in [0.25, 0.3) is 0 Å². The number of amidine groups is 1. The van der Waals surface area contributed by atoms with Crippen LogP contribution in [0.2, 0.25) is 0 Å². The van der Waals surface area contributed by atoms with Gasteiger partial charge in [-0.1, -0.05) is 60.7 Å². The third-order valence-electron chi connectivity index (χ3n) is 4.95. The molecule has 3 amide bonds. The average molecular weight is 397 g/mol. The van der Waals surface area contributed by atoms with Gasteiger partial charge in [0.2, 0.25) is 0 Å². The number of Topliss-reactive ketones (excluding diaryl/α,β-unsaturated/α-hetero) is 1. The highest BCUT2D eigenvalue weighted by Gasteiger charge is 2.51. The summed E-state index contributed by atoms with van der Waals surface area (Å²) in [5.74, 6) is -0.748. The molecule has 2 heterocycles. The molecule has 0 aromatic heterocycles. The molecular formula is C20H17ClN4O3. The van der Waals surface area contributed by atoms with Gasteiger partial charge in [-0.05, 0) is 17.2 Å². The molecule has 0 aliphatic carbocycles. The number of rotatable bonds is 4. The zero-order valence-corrected chi connectivity index (χ0v) is 15.7. The summed E-state index contributed by atoms with van der Waals surface area (Å²) < 4.78 is 0. The molecule has 142 valence electrons. The number of aliphatic imine (C=N–C) groups is 1. The largest absolute Gasteiger partial charge is 0.325 e. The van der Waals surface area contributed by atoms with E-state index in [9.17, 15) is 14.4 Å². The van der Waals surface area contributed by atoms with Gasteiger partial charge in [0.25, 0.3) is 5.91 Å². The summed E-state index contributed by atoms with van der Waals surface area (Å²) in [6.45, 7) is 0. The van der Waals surface area contributed by atoms with Crippen molar-refractivity contribution in [3.05, 3.63) is 71.8 Å². The van der Waals surface area contributed by atoms with Gasteiger partial charge in [-0.25, -0.2) is 9.79 Å². The second kappa shape index (κ2) is 7.09. The third kappa shape index (κ3) is 2.93. The molecule has 2 aliphatic rings. The fourth-order valence-electron chi connectivity index (χ4n) is 3.55. The van der Waals surface area contributed by atoms with E-state index in [-0.39, 0.29) is 11.1 Å². The molecule has 1 N–H and O–H groups in total. The first kappa shape index (κ1) is 18.2. The number of imide groups is 1. The van der Waals surface area contributed by atoms with Crippen LogP contribution in [-0.4, -0.2) is 52.1 Å². The SMILES string of the molecule is CN1C(=O)NC(=O)C2C1N=C(Cl)N2C(C(=O)c1ccccc1)c1ccccc1. The van der Waals surface area contributed by atoms with Crippen LogP contribution < -0.4 is 5.32 Å². The van der Waals surface area contributed by atoms with E-state index in [4.69, 9.17) is 11.6 Å². The van der Waals surface area contributed by atoms with Crippen molar-refractivity contribution in [3.63, 3.8) is 0 Å². The van der Waals surface area contributed by atoms with Gasteiger partial charge >= 0.3 is 6.03 Å². The van der Waals surface area contributed by atoms with Crippen LogP contribution in [0.1, 0.15) is 22.0 Å². The van der Waals surface area contributed by atoms with E-state index in [2.05, 4.69) is 10.3 Å². The smallest absolute Gasteiger partial charge is 0.317 e. The van der Waals surface area contributed by atoms with E-state index in [1.165, 1.54) is 16.8 Å². The number of benzene rings is 2. The maximum absolute atomic E-state index is 13.4. The fourth-order valence-corrected chi connectivity index (χ4v) is 3.86. The van der Waals surface area contributed by atoms with Gasteiger partial charge in [-0.15, -0.1) is 0 Å². The fraction of sp³-hybridized carbons (Fsp3) is 0.200. The molecule has 2 aromatic rings. The summed E-state index contributed by atoms with van der Waals surface area (Å²) >= 11 is 6.41. The number of hydrogen-bond donors (Lipinski definition) is 1. The van der Waals surface area contributed by atoms with Gasteiger partial charge in [0.1, 0.15) is 6.04 Å². The van der Waals surface area contributed by atoms with Crippen molar-refractivity contribution in [2.24, 2.45) is 4.99 Å². The number of carbonyl (C=O) groups is 3. The summed E-state index contributed by atoms with van der Waals surface area (Å²) in [6, 6.07) is 15.6. The van der Waals surface area contributed by atoms with E-state index in [0.29, 0.717) is 11.1 Å². The van der Waals surface area contributed by atoms with Crippen molar-refractivity contribution >= 4 is 34.6 Å². The molecule has 0 bridgehead atoms. The van der Waals surface area contributed by atoms with Crippen LogP contribution in [0, 0.1) is 0 Å². The van der Waals surface area contributed by atoms with Gasteiger partial charge in [0.15, 0.2) is 23.3 Å². The number of halogens is 1. The number of nitrogens with one attached hydrogen (secondary N) is 1. The molecule has 3 unspecified atom stereocenters. The Morgan fingerprint density at radius 2 is 1.68 bits per heavy atom. The van der Waals surface area contributed by atoms with Gasteiger partial charge in [0.05, 0.1) is 0 Å². The van der Waals surface area contributed by atoms with Crippen LogP contribution in [0.4, 0.5) is 4.79 Å². The van der Waals surface area contributed by atoms with Crippen molar-refractivity contribution < 1.29 is 14.4 Å². The van der Waals surface area contributed by atoms with Crippen LogP contribution in [0.15, 0.2) is 65.7 Å². The molecule has 0 saturated carbocycles. The van der Waals surface area contributed by atoms with Gasteiger partial charge in [-0.3, -0.25) is 14.9 Å². The molecular weight excluding hydrogens is 380 g/mol. The number of hydrogen-bond acceptors (Lipinski definition) is 5. The summed E-state index contributed by atoms with van der Waals surface area (Å²) in [4.78, 5) is 45.1. The van der Waals surface area contributed by atoms with Crippen LogP contribution in [-0.2, 0) is 4.79 Å². The molecule has 3 atom stereocenters. The minimum absolute atomic E-state index is 0.0184. The zero-order chi connectivity index (χ0) is 19.8. The Morgan fingerprint density at radius 3 is 2.32 bits per heavy atom. The lowest BCUT2D eigenvalue weighted by Crippen LogP contribution is -2.64. The van der Waals surface area contributed by atoms with E-state index in [0.717, 1.165) is 0 Å². The molecule has 2 aromatic carbocycles. The van der Waals surface area contributed by atoms with E-state index >= 15 is 0 Å². The molecule has 1 saturated heterocycles. The molecule has 7 nitrogen and oxygen atoms in total. The predicted molar refractivity (Wildman–Crippen MR) is 104 cm³/mol. The Bertz CT molecular complexity index is 964. The lowest BCUT2D eigenvalue weighted by molar-refractivity contribution is -0.127. The number of fused-ring (bicyclic) bond motifs is 1.